The summed E-state index contributed by atoms with van der Waals surface area (Å²) in [5, 5.41) is 0. The normalized spacial score (nSPS) is 17.1. The van der Waals surface area contributed by atoms with Crippen LogP contribution in [0.4, 0.5) is 0 Å². The number of hydrogen-bond donors (Lipinski definition) is 0. The maximum atomic E-state index is 2.64. The Balaban J connectivity index is 2.38. The molecule has 0 amide bonds. The van der Waals surface area contributed by atoms with Crippen LogP contribution in [0.15, 0.2) is 20.7 Å². The van der Waals surface area contributed by atoms with Crippen molar-refractivity contribution >= 4 is 42.0 Å². The van der Waals surface area contributed by atoms with Gasteiger partial charge in [-0.15, -0.1) is 0 Å². The van der Waals surface area contributed by atoms with Crippen molar-refractivity contribution in [2.75, 3.05) is 0 Å². The molecule has 1 fully saturated rings. The molecule has 2 rings (SSSR count). The molecule has 0 radical (unpaired) electrons. The van der Waals surface area contributed by atoms with Gasteiger partial charge in [0.25, 0.3) is 0 Å². The molecule has 1 saturated carbocycles. The first-order valence-corrected chi connectivity index (χ1v) is 12.8. The minimum atomic E-state index is 0.451. The Bertz CT molecular complexity index is 563. The molecule has 0 bridgehead atoms. The van der Waals surface area contributed by atoms with Crippen molar-refractivity contribution in [1.29, 1.82) is 0 Å². The topological polar surface area (TPSA) is 0 Å². The Kier molecular flexibility index (Phi) is 8.56. The second-order valence-electron chi connectivity index (χ2n) is 8.46. The van der Waals surface area contributed by atoms with E-state index in [2.05, 4.69) is 82.3 Å². The zero-order valence-corrected chi connectivity index (χ0v) is 20.7. The molecule has 140 valence electrons. The molecule has 0 atom stereocenters. The molecule has 0 aliphatic heterocycles. The van der Waals surface area contributed by atoms with Gasteiger partial charge >= 0.3 is 177 Å². The second kappa shape index (κ2) is 9.95. The fraction of sp³-hybridized carbons (Fsp3) is 0.652. The van der Waals surface area contributed by atoms with Crippen LogP contribution in [0.25, 0.3) is 0 Å². The summed E-state index contributed by atoms with van der Waals surface area (Å²) in [4.78, 5) is 0. The van der Waals surface area contributed by atoms with Crippen LogP contribution in [-0.4, -0.2) is 15.0 Å². The molecule has 0 saturated heterocycles. The number of halogens is 1. The zero-order valence-electron chi connectivity index (χ0n) is 16.9. The van der Waals surface area contributed by atoms with Gasteiger partial charge in [0, 0.05) is 0 Å². The fourth-order valence-corrected chi connectivity index (χ4v) is 7.96. The monoisotopic (exact) mass is 518 g/mol. The van der Waals surface area contributed by atoms with Crippen molar-refractivity contribution in [1.82, 2.24) is 0 Å². The predicted molar refractivity (Wildman–Crippen MR) is 123 cm³/mol. The molecule has 0 heterocycles. The average Bonchev–Trinajstić information content (AvgIpc) is 2.54. The van der Waals surface area contributed by atoms with E-state index in [0.717, 1.165) is 5.92 Å². The first-order chi connectivity index (χ1) is 11.8. The Morgan fingerprint density at radius 2 is 1.44 bits per heavy atom. The molecule has 25 heavy (non-hydrogen) atoms. The van der Waals surface area contributed by atoms with Crippen molar-refractivity contribution < 1.29 is 0 Å². The maximum absolute atomic E-state index is 2.64. The van der Waals surface area contributed by atoms with E-state index >= 15 is 0 Å². The first kappa shape index (κ1) is 21.5. The van der Waals surface area contributed by atoms with Crippen LogP contribution >= 0.6 is 22.6 Å². The molecule has 0 unspecified atom stereocenters. The van der Waals surface area contributed by atoms with E-state index in [-0.39, 0.29) is 0 Å². The summed E-state index contributed by atoms with van der Waals surface area (Å²) < 4.78 is 3.27. The molecule has 1 aliphatic carbocycles. The molecule has 1 aromatic carbocycles. The third-order valence-electron chi connectivity index (χ3n) is 5.30. The van der Waals surface area contributed by atoms with Gasteiger partial charge in [-0.1, -0.05) is 0 Å². The van der Waals surface area contributed by atoms with Gasteiger partial charge in [-0.05, 0) is 0 Å². The second-order valence-corrected chi connectivity index (χ2v) is 13.5. The summed E-state index contributed by atoms with van der Waals surface area (Å²) in [5.41, 5.74) is 4.71. The molecule has 1 aromatic rings. The standard InChI is InChI=1S/C23H35ISe/c1-15(2)19-13-20(16(3)4)23(21(14-19)17(5)6)25-22(24)12-18-10-8-7-9-11-18/h12-18H,7-11H2,1-6H3/b22-12-. The third kappa shape index (κ3) is 6.11. The fourth-order valence-electron chi connectivity index (χ4n) is 3.63. The van der Waals surface area contributed by atoms with Crippen molar-refractivity contribution in [2.45, 2.75) is 91.4 Å². The van der Waals surface area contributed by atoms with Gasteiger partial charge in [0.05, 0.1) is 0 Å². The van der Waals surface area contributed by atoms with Gasteiger partial charge in [0.1, 0.15) is 0 Å². The third-order valence-corrected chi connectivity index (χ3v) is 8.91. The van der Waals surface area contributed by atoms with Gasteiger partial charge in [-0.25, -0.2) is 0 Å². The summed E-state index contributed by atoms with van der Waals surface area (Å²) in [5.74, 6) is 2.65. The molecular weight excluding hydrogens is 482 g/mol. The number of allylic oxidation sites excluding steroid dienone is 1. The molecule has 1 aliphatic rings. The van der Waals surface area contributed by atoms with E-state index in [4.69, 9.17) is 0 Å². The Labute approximate surface area is 175 Å². The van der Waals surface area contributed by atoms with Gasteiger partial charge in [0.2, 0.25) is 0 Å². The first-order valence-electron chi connectivity index (χ1n) is 10.0. The van der Waals surface area contributed by atoms with Crippen LogP contribution in [0.1, 0.15) is 108 Å². The van der Waals surface area contributed by atoms with Gasteiger partial charge in [-0.2, -0.15) is 0 Å². The SMILES string of the molecule is CC(C)c1cc(C(C)C)c([Se]/C(I)=C\C2CCCCC2)c(C(C)C)c1. The Morgan fingerprint density at radius 3 is 1.88 bits per heavy atom. The summed E-state index contributed by atoms with van der Waals surface area (Å²) in [6, 6.07) is 5.01. The van der Waals surface area contributed by atoms with Crippen molar-refractivity contribution in [3.63, 3.8) is 0 Å². The van der Waals surface area contributed by atoms with E-state index < -0.39 is 0 Å². The average molecular weight is 517 g/mol. The molecule has 0 aromatic heterocycles. The van der Waals surface area contributed by atoms with E-state index in [1.165, 1.54) is 37.7 Å². The van der Waals surface area contributed by atoms with Crippen LogP contribution in [0.2, 0.25) is 0 Å². The van der Waals surface area contributed by atoms with Gasteiger partial charge in [0.15, 0.2) is 0 Å². The van der Waals surface area contributed by atoms with Crippen LogP contribution in [0.5, 0.6) is 0 Å². The molecule has 0 spiro atoms. The van der Waals surface area contributed by atoms with E-state index in [9.17, 15) is 0 Å². The minimum absolute atomic E-state index is 0.451. The predicted octanol–water partition coefficient (Wildman–Crippen LogP) is 7.24. The summed E-state index contributed by atoms with van der Waals surface area (Å²) in [7, 11) is 0. The summed E-state index contributed by atoms with van der Waals surface area (Å²) in [6.07, 6.45) is 9.72. The Hall–Kier alpha value is 0.209. The summed E-state index contributed by atoms with van der Waals surface area (Å²) in [6.45, 7) is 14.1. The van der Waals surface area contributed by atoms with Crippen LogP contribution in [-0.2, 0) is 0 Å². The van der Waals surface area contributed by atoms with E-state index in [0.29, 0.717) is 32.7 Å². The van der Waals surface area contributed by atoms with Crippen LogP contribution in [0.3, 0.4) is 0 Å². The van der Waals surface area contributed by atoms with Gasteiger partial charge < -0.3 is 0 Å². The Morgan fingerprint density at radius 1 is 0.920 bits per heavy atom. The van der Waals surface area contributed by atoms with Crippen molar-refractivity contribution in [3.05, 3.63) is 37.4 Å². The van der Waals surface area contributed by atoms with E-state index in [1.54, 1.807) is 18.1 Å². The zero-order chi connectivity index (χ0) is 18.6. The van der Waals surface area contributed by atoms with Gasteiger partial charge in [-0.3, -0.25) is 0 Å². The van der Waals surface area contributed by atoms with Crippen molar-refractivity contribution in [3.8, 4) is 0 Å². The number of hydrogen-bond acceptors (Lipinski definition) is 0. The van der Waals surface area contributed by atoms with Crippen LogP contribution < -0.4 is 4.46 Å². The molecule has 0 nitrogen and oxygen atoms in total. The van der Waals surface area contributed by atoms with Crippen LogP contribution in [0, 0.1) is 5.92 Å². The number of benzene rings is 1. The van der Waals surface area contributed by atoms with E-state index in [1.807, 2.05) is 0 Å². The molecule has 2 heteroatoms. The quantitative estimate of drug-likeness (QED) is 0.276. The molecule has 0 N–H and O–H groups in total. The van der Waals surface area contributed by atoms with Crippen molar-refractivity contribution in [2.24, 2.45) is 5.92 Å². The number of rotatable bonds is 6. The summed E-state index contributed by atoms with van der Waals surface area (Å²) >= 11 is 3.09. The molecular formula is C23H35ISe.